The van der Waals surface area contributed by atoms with Crippen LogP contribution in [-0.2, 0) is 18.9 Å². The molecule has 5 nitrogen and oxygen atoms in total. The Bertz CT molecular complexity index is 781. The van der Waals surface area contributed by atoms with Crippen molar-refractivity contribution < 1.29 is 36.2 Å². The summed E-state index contributed by atoms with van der Waals surface area (Å²) in [6.07, 6.45) is -8.79. The minimum Gasteiger partial charge on any atom is -0.395 e. The smallest absolute Gasteiger partial charge is 0.395 e. The summed E-state index contributed by atoms with van der Waals surface area (Å²) in [5.41, 5.74) is -2.99. The summed E-state index contributed by atoms with van der Waals surface area (Å²) < 4.78 is 77.8. The molecule has 1 heterocycles. The fourth-order valence-electron chi connectivity index (χ4n) is 2.36. The molecule has 0 aliphatic heterocycles. The van der Waals surface area contributed by atoms with Gasteiger partial charge in [0.1, 0.15) is 0 Å². The minimum absolute atomic E-state index is 0.0506. The van der Waals surface area contributed by atoms with Gasteiger partial charge in [-0.1, -0.05) is 0 Å². The SMILES string of the molecule is Cc1[nH]cnc1CN(CCO)C(=O)c1cc(C(F)(F)F)cc(C(F)(F)F)c1. The highest BCUT2D eigenvalue weighted by Crippen LogP contribution is 2.36. The van der Waals surface area contributed by atoms with Crippen molar-refractivity contribution in [3.8, 4) is 0 Å². The van der Waals surface area contributed by atoms with Crippen LogP contribution in [0.5, 0.6) is 0 Å². The summed E-state index contributed by atoms with van der Waals surface area (Å²) in [6, 6.07) is 0.670. The van der Waals surface area contributed by atoms with Crippen LogP contribution in [0.25, 0.3) is 0 Å². The zero-order valence-electron chi connectivity index (χ0n) is 13.9. The molecule has 11 heteroatoms. The lowest BCUT2D eigenvalue weighted by Gasteiger charge is -2.22. The highest BCUT2D eigenvalue weighted by Gasteiger charge is 2.38. The standard InChI is InChI=1S/C16H15F6N3O2/c1-9-13(24-8-23-9)7-25(2-3-26)14(27)10-4-11(15(17,18)19)6-12(5-10)16(20,21)22/h4-6,8,26H,2-3,7H2,1H3,(H,23,24). The molecule has 0 saturated carbocycles. The van der Waals surface area contributed by atoms with E-state index in [0.29, 0.717) is 23.5 Å². The molecule has 1 aromatic carbocycles. The second kappa shape index (κ2) is 7.59. The number of rotatable bonds is 5. The molecule has 0 saturated heterocycles. The average Bonchev–Trinajstić information content (AvgIpc) is 2.96. The molecule has 1 amide bonds. The van der Waals surface area contributed by atoms with E-state index in [1.54, 1.807) is 6.92 Å². The van der Waals surface area contributed by atoms with E-state index in [9.17, 15) is 31.1 Å². The molecule has 148 valence electrons. The maximum Gasteiger partial charge on any atom is 0.416 e. The number of H-pyrrole nitrogens is 1. The van der Waals surface area contributed by atoms with Gasteiger partial charge in [0.15, 0.2) is 0 Å². The van der Waals surface area contributed by atoms with Crippen molar-refractivity contribution in [3.63, 3.8) is 0 Å². The lowest BCUT2D eigenvalue weighted by Crippen LogP contribution is -2.34. The molecule has 0 radical (unpaired) electrons. The van der Waals surface area contributed by atoms with Crippen LogP contribution in [0, 0.1) is 6.92 Å². The molecular weight excluding hydrogens is 380 g/mol. The first kappa shape index (κ1) is 20.7. The Morgan fingerprint density at radius 1 is 1.11 bits per heavy atom. The molecular formula is C16H15F6N3O2. The van der Waals surface area contributed by atoms with Gasteiger partial charge in [-0.15, -0.1) is 0 Å². The number of alkyl halides is 6. The first-order valence-corrected chi connectivity index (χ1v) is 7.62. The molecule has 0 aliphatic rings. The van der Waals surface area contributed by atoms with Crippen LogP contribution in [0.3, 0.4) is 0 Å². The van der Waals surface area contributed by atoms with Crippen LogP contribution in [0.1, 0.15) is 32.9 Å². The molecule has 0 spiro atoms. The molecule has 27 heavy (non-hydrogen) atoms. The van der Waals surface area contributed by atoms with E-state index in [0.717, 1.165) is 4.90 Å². The lowest BCUT2D eigenvalue weighted by atomic mass is 10.0. The van der Waals surface area contributed by atoms with Gasteiger partial charge in [-0.05, 0) is 25.1 Å². The predicted octanol–water partition coefficient (Wildman–Crippen LogP) is 3.39. The van der Waals surface area contributed by atoms with Gasteiger partial charge in [0.2, 0.25) is 0 Å². The van der Waals surface area contributed by atoms with Gasteiger partial charge < -0.3 is 15.0 Å². The Labute approximate surface area is 149 Å². The number of aliphatic hydroxyl groups is 1. The van der Waals surface area contributed by atoms with E-state index in [-0.39, 0.29) is 19.2 Å². The highest BCUT2D eigenvalue weighted by atomic mass is 19.4. The number of amides is 1. The van der Waals surface area contributed by atoms with Crippen molar-refractivity contribution >= 4 is 5.91 Å². The summed E-state index contributed by atoms with van der Waals surface area (Å²) in [5, 5.41) is 9.12. The molecule has 0 atom stereocenters. The van der Waals surface area contributed by atoms with Gasteiger partial charge in [0, 0.05) is 17.8 Å². The van der Waals surface area contributed by atoms with E-state index in [1.165, 1.54) is 6.33 Å². The average molecular weight is 395 g/mol. The Morgan fingerprint density at radius 2 is 1.67 bits per heavy atom. The second-order valence-electron chi connectivity index (χ2n) is 5.72. The molecule has 0 fully saturated rings. The Hall–Kier alpha value is -2.56. The van der Waals surface area contributed by atoms with E-state index in [1.807, 2.05) is 0 Å². The van der Waals surface area contributed by atoms with Gasteiger partial charge in [0.05, 0.1) is 36.3 Å². The Kier molecular flexibility index (Phi) is 5.83. The molecule has 0 bridgehead atoms. The summed E-state index contributed by atoms with van der Waals surface area (Å²) in [6.45, 7) is 0.630. The summed E-state index contributed by atoms with van der Waals surface area (Å²) in [4.78, 5) is 20.2. The van der Waals surface area contributed by atoms with Gasteiger partial charge in [0.25, 0.3) is 5.91 Å². The number of carbonyl (C=O) groups excluding carboxylic acids is 1. The van der Waals surface area contributed by atoms with E-state index >= 15 is 0 Å². The third kappa shape index (κ3) is 5.00. The van der Waals surface area contributed by atoms with Crippen LogP contribution in [0.4, 0.5) is 26.3 Å². The largest absolute Gasteiger partial charge is 0.416 e. The fraction of sp³-hybridized carbons (Fsp3) is 0.375. The number of benzene rings is 1. The van der Waals surface area contributed by atoms with Crippen LogP contribution in [0.2, 0.25) is 0 Å². The maximum absolute atomic E-state index is 13.0. The summed E-state index contributed by atoms with van der Waals surface area (Å²) in [7, 11) is 0. The summed E-state index contributed by atoms with van der Waals surface area (Å²) in [5.74, 6) is -1.08. The van der Waals surface area contributed by atoms with E-state index in [4.69, 9.17) is 5.11 Å². The van der Waals surface area contributed by atoms with Crippen LogP contribution in [0.15, 0.2) is 24.5 Å². The van der Waals surface area contributed by atoms with Crippen molar-refractivity contribution in [2.24, 2.45) is 0 Å². The van der Waals surface area contributed by atoms with Gasteiger partial charge >= 0.3 is 12.4 Å². The highest BCUT2D eigenvalue weighted by molar-refractivity contribution is 5.94. The first-order valence-electron chi connectivity index (χ1n) is 7.62. The van der Waals surface area contributed by atoms with Gasteiger partial charge in [-0.3, -0.25) is 4.79 Å². The quantitative estimate of drug-likeness (QED) is 0.763. The third-order valence-corrected chi connectivity index (χ3v) is 3.77. The number of aromatic amines is 1. The molecule has 0 unspecified atom stereocenters. The van der Waals surface area contributed by atoms with Crippen molar-refractivity contribution in [1.82, 2.24) is 14.9 Å². The lowest BCUT2D eigenvalue weighted by molar-refractivity contribution is -0.143. The Balaban J connectivity index is 2.46. The molecule has 2 N–H and O–H groups in total. The van der Waals surface area contributed by atoms with Crippen molar-refractivity contribution in [2.75, 3.05) is 13.2 Å². The second-order valence-corrected chi connectivity index (χ2v) is 5.72. The molecule has 1 aromatic heterocycles. The van der Waals surface area contributed by atoms with Crippen LogP contribution in [-0.4, -0.2) is 39.0 Å². The molecule has 2 rings (SSSR count). The number of imidazole rings is 1. The molecule has 0 aliphatic carbocycles. The minimum atomic E-state index is -5.06. The summed E-state index contributed by atoms with van der Waals surface area (Å²) >= 11 is 0. The van der Waals surface area contributed by atoms with Gasteiger partial charge in [-0.2, -0.15) is 26.3 Å². The topological polar surface area (TPSA) is 69.2 Å². The fourth-order valence-corrected chi connectivity index (χ4v) is 2.36. The number of nitrogens with one attached hydrogen (secondary N) is 1. The number of aromatic nitrogens is 2. The van der Waals surface area contributed by atoms with Crippen molar-refractivity contribution in [2.45, 2.75) is 25.8 Å². The first-order chi connectivity index (χ1) is 12.4. The number of carbonyl (C=O) groups is 1. The number of hydrogen-bond acceptors (Lipinski definition) is 3. The number of hydrogen-bond donors (Lipinski definition) is 2. The Morgan fingerprint density at radius 3 is 2.07 bits per heavy atom. The third-order valence-electron chi connectivity index (χ3n) is 3.77. The number of aliphatic hydroxyl groups excluding tert-OH is 1. The zero-order chi connectivity index (χ0) is 20.4. The van der Waals surface area contributed by atoms with Gasteiger partial charge in [-0.25, -0.2) is 4.98 Å². The van der Waals surface area contributed by atoms with Crippen LogP contribution >= 0.6 is 0 Å². The number of nitrogens with zero attached hydrogens (tertiary/aromatic N) is 2. The van der Waals surface area contributed by atoms with Crippen molar-refractivity contribution in [3.05, 3.63) is 52.6 Å². The van der Waals surface area contributed by atoms with Crippen molar-refractivity contribution in [1.29, 1.82) is 0 Å². The maximum atomic E-state index is 13.0. The normalized spacial score (nSPS) is 12.3. The number of halogens is 6. The molecule has 2 aromatic rings. The monoisotopic (exact) mass is 395 g/mol. The van der Waals surface area contributed by atoms with Crippen LogP contribution < -0.4 is 0 Å². The zero-order valence-corrected chi connectivity index (χ0v) is 13.9. The predicted molar refractivity (Wildman–Crippen MR) is 81.6 cm³/mol. The number of aryl methyl sites for hydroxylation is 1. The van der Waals surface area contributed by atoms with E-state index < -0.39 is 41.6 Å². The van der Waals surface area contributed by atoms with E-state index in [2.05, 4.69) is 9.97 Å².